The maximum atomic E-state index is 5.79. The van der Waals surface area contributed by atoms with Crippen molar-refractivity contribution in [3.05, 3.63) is 29.1 Å². The highest BCUT2D eigenvalue weighted by atomic mass is 15.1. The number of nitrogens with two attached hydrogens (primary N) is 1. The lowest BCUT2D eigenvalue weighted by molar-refractivity contribution is 0.234. The SMILES string of the molecule is Cc1cnc2c(c1)C(CN)N(C)CC2. The van der Waals surface area contributed by atoms with Crippen molar-refractivity contribution in [2.24, 2.45) is 5.73 Å². The molecule has 1 aromatic heterocycles. The minimum atomic E-state index is 0.353. The molecule has 0 amide bonds. The van der Waals surface area contributed by atoms with Crippen molar-refractivity contribution >= 4 is 0 Å². The summed E-state index contributed by atoms with van der Waals surface area (Å²) in [6.07, 6.45) is 2.99. The van der Waals surface area contributed by atoms with Crippen molar-refractivity contribution in [2.75, 3.05) is 20.1 Å². The standard InChI is InChI=1S/C11H17N3/c1-8-5-9-10(13-7-8)3-4-14(2)11(9)6-12/h5,7,11H,3-4,6,12H2,1-2H3. The van der Waals surface area contributed by atoms with Crippen LogP contribution in [0.1, 0.15) is 22.9 Å². The van der Waals surface area contributed by atoms with Gasteiger partial charge in [0.05, 0.1) is 0 Å². The Morgan fingerprint density at radius 2 is 2.43 bits per heavy atom. The minimum Gasteiger partial charge on any atom is -0.329 e. The summed E-state index contributed by atoms with van der Waals surface area (Å²) < 4.78 is 0. The molecule has 0 aromatic carbocycles. The number of likely N-dealkylation sites (N-methyl/N-ethyl adjacent to an activating group) is 1. The Hall–Kier alpha value is -0.930. The zero-order valence-electron chi connectivity index (χ0n) is 8.83. The lowest BCUT2D eigenvalue weighted by Gasteiger charge is -2.33. The fourth-order valence-corrected chi connectivity index (χ4v) is 2.10. The zero-order valence-corrected chi connectivity index (χ0v) is 8.83. The van der Waals surface area contributed by atoms with Crippen LogP contribution in [0.2, 0.25) is 0 Å². The van der Waals surface area contributed by atoms with Crippen LogP contribution in [0.25, 0.3) is 0 Å². The number of aryl methyl sites for hydroxylation is 1. The first kappa shape index (κ1) is 9.62. The summed E-state index contributed by atoms with van der Waals surface area (Å²) in [6.45, 7) is 3.81. The summed E-state index contributed by atoms with van der Waals surface area (Å²) in [7, 11) is 2.13. The van der Waals surface area contributed by atoms with Crippen LogP contribution in [0.4, 0.5) is 0 Å². The van der Waals surface area contributed by atoms with E-state index in [1.165, 1.54) is 16.8 Å². The van der Waals surface area contributed by atoms with Gasteiger partial charge in [-0.15, -0.1) is 0 Å². The van der Waals surface area contributed by atoms with Crippen LogP contribution in [0.15, 0.2) is 12.3 Å². The molecule has 1 aromatic rings. The van der Waals surface area contributed by atoms with Gasteiger partial charge in [-0.3, -0.25) is 9.88 Å². The Balaban J connectivity index is 2.43. The van der Waals surface area contributed by atoms with Gasteiger partial charge in [-0.1, -0.05) is 6.07 Å². The van der Waals surface area contributed by atoms with Gasteiger partial charge in [-0.05, 0) is 25.1 Å². The number of pyridine rings is 1. The molecule has 0 saturated heterocycles. The summed E-state index contributed by atoms with van der Waals surface area (Å²) in [5, 5.41) is 0. The average Bonchev–Trinajstić information content (AvgIpc) is 2.17. The molecule has 2 rings (SSSR count). The Morgan fingerprint density at radius 1 is 1.64 bits per heavy atom. The van der Waals surface area contributed by atoms with Gasteiger partial charge in [0, 0.05) is 37.4 Å². The summed E-state index contributed by atoms with van der Waals surface area (Å²) in [5.74, 6) is 0. The van der Waals surface area contributed by atoms with Gasteiger partial charge in [0.25, 0.3) is 0 Å². The van der Waals surface area contributed by atoms with E-state index in [0.717, 1.165) is 13.0 Å². The third-order valence-corrected chi connectivity index (χ3v) is 2.96. The first-order valence-electron chi connectivity index (χ1n) is 5.08. The Labute approximate surface area is 84.9 Å². The normalized spacial score (nSPS) is 22.1. The molecule has 3 nitrogen and oxygen atoms in total. The van der Waals surface area contributed by atoms with E-state index in [1.807, 2.05) is 6.20 Å². The molecule has 1 unspecified atom stereocenters. The molecule has 1 aliphatic heterocycles. The Kier molecular flexibility index (Phi) is 2.52. The summed E-state index contributed by atoms with van der Waals surface area (Å²) in [4.78, 5) is 6.78. The minimum absolute atomic E-state index is 0.353. The molecular weight excluding hydrogens is 174 g/mol. The molecule has 0 bridgehead atoms. The molecule has 0 saturated carbocycles. The van der Waals surface area contributed by atoms with Crippen LogP contribution in [0.5, 0.6) is 0 Å². The van der Waals surface area contributed by atoms with E-state index in [0.29, 0.717) is 12.6 Å². The second-order valence-corrected chi connectivity index (χ2v) is 4.03. The maximum absolute atomic E-state index is 5.79. The van der Waals surface area contributed by atoms with Gasteiger partial charge >= 0.3 is 0 Å². The fraction of sp³-hybridized carbons (Fsp3) is 0.545. The highest BCUT2D eigenvalue weighted by Gasteiger charge is 2.24. The lowest BCUT2D eigenvalue weighted by atomic mass is 9.96. The predicted molar refractivity (Wildman–Crippen MR) is 57.1 cm³/mol. The van der Waals surface area contributed by atoms with Gasteiger partial charge in [0.15, 0.2) is 0 Å². The number of fused-ring (bicyclic) bond motifs is 1. The molecule has 0 fully saturated rings. The number of aromatic nitrogens is 1. The van der Waals surface area contributed by atoms with Crippen molar-refractivity contribution < 1.29 is 0 Å². The van der Waals surface area contributed by atoms with Crippen molar-refractivity contribution in [2.45, 2.75) is 19.4 Å². The van der Waals surface area contributed by atoms with Crippen molar-refractivity contribution in [3.63, 3.8) is 0 Å². The molecule has 14 heavy (non-hydrogen) atoms. The third-order valence-electron chi connectivity index (χ3n) is 2.96. The molecule has 0 radical (unpaired) electrons. The Bertz CT molecular complexity index is 335. The van der Waals surface area contributed by atoms with E-state index in [-0.39, 0.29) is 0 Å². The van der Waals surface area contributed by atoms with Gasteiger partial charge in [0.2, 0.25) is 0 Å². The monoisotopic (exact) mass is 191 g/mol. The second-order valence-electron chi connectivity index (χ2n) is 4.03. The molecule has 1 aliphatic rings. The molecule has 1 atom stereocenters. The largest absolute Gasteiger partial charge is 0.329 e. The van der Waals surface area contributed by atoms with Crippen LogP contribution in [0.3, 0.4) is 0 Å². The summed E-state index contributed by atoms with van der Waals surface area (Å²) >= 11 is 0. The molecule has 2 N–H and O–H groups in total. The van der Waals surface area contributed by atoms with Crippen molar-refractivity contribution in [1.82, 2.24) is 9.88 Å². The number of nitrogens with zero attached hydrogens (tertiary/aromatic N) is 2. The van der Waals surface area contributed by atoms with Crippen LogP contribution in [0, 0.1) is 6.92 Å². The molecule has 76 valence electrons. The number of hydrogen-bond donors (Lipinski definition) is 1. The van der Waals surface area contributed by atoms with Crippen LogP contribution in [-0.2, 0) is 6.42 Å². The van der Waals surface area contributed by atoms with E-state index in [4.69, 9.17) is 5.73 Å². The smallest absolute Gasteiger partial charge is 0.0485 e. The topological polar surface area (TPSA) is 42.1 Å². The fourth-order valence-electron chi connectivity index (χ4n) is 2.10. The second kappa shape index (κ2) is 3.67. The van der Waals surface area contributed by atoms with Crippen molar-refractivity contribution in [1.29, 1.82) is 0 Å². The quantitative estimate of drug-likeness (QED) is 0.716. The highest BCUT2D eigenvalue weighted by molar-refractivity contribution is 5.30. The van der Waals surface area contributed by atoms with E-state index in [9.17, 15) is 0 Å². The lowest BCUT2D eigenvalue weighted by Crippen LogP contribution is -2.36. The zero-order chi connectivity index (χ0) is 10.1. The molecule has 0 aliphatic carbocycles. The Morgan fingerprint density at radius 3 is 3.14 bits per heavy atom. The molecule has 3 heteroatoms. The van der Waals surface area contributed by atoms with Gasteiger partial charge in [-0.2, -0.15) is 0 Å². The van der Waals surface area contributed by atoms with E-state index < -0.39 is 0 Å². The van der Waals surface area contributed by atoms with E-state index in [2.05, 4.69) is 29.9 Å². The first-order valence-corrected chi connectivity index (χ1v) is 5.08. The number of rotatable bonds is 1. The first-order chi connectivity index (χ1) is 6.72. The van der Waals surface area contributed by atoms with E-state index >= 15 is 0 Å². The van der Waals surface area contributed by atoms with Gasteiger partial charge in [0.1, 0.15) is 0 Å². The third kappa shape index (κ3) is 1.53. The van der Waals surface area contributed by atoms with Crippen molar-refractivity contribution in [3.8, 4) is 0 Å². The highest BCUT2D eigenvalue weighted by Crippen LogP contribution is 2.26. The maximum Gasteiger partial charge on any atom is 0.0485 e. The van der Waals surface area contributed by atoms with E-state index in [1.54, 1.807) is 0 Å². The van der Waals surface area contributed by atoms with Crippen LogP contribution < -0.4 is 5.73 Å². The summed E-state index contributed by atoms with van der Waals surface area (Å²) in [5.41, 5.74) is 9.56. The van der Waals surface area contributed by atoms with Gasteiger partial charge in [-0.25, -0.2) is 0 Å². The summed E-state index contributed by atoms with van der Waals surface area (Å²) in [6, 6.07) is 2.57. The number of hydrogen-bond acceptors (Lipinski definition) is 3. The average molecular weight is 191 g/mol. The van der Waals surface area contributed by atoms with Crippen LogP contribution >= 0.6 is 0 Å². The molecular formula is C11H17N3. The van der Waals surface area contributed by atoms with Gasteiger partial charge < -0.3 is 5.73 Å². The predicted octanol–water partition coefficient (Wildman–Crippen LogP) is 0.878. The molecule has 2 heterocycles. The molecule has 0 spiro atoms. The van der Waals surface area contributed by atoms with Crippen LogP contribution in [-0.4, -0.2) is 30.0 Å².